The summed E-state index contributed by atoms with van der Waals surface area (Å²) in [7, 11) is 0. The first kappa shape index (κ1) is 14.0. The van der Waals surface area contributed by atoms with Crippen LogP contribution in [0.5, 0.6) is 0 Å². The molecule has 0 aromatic heterocycles. The van der Waals surface area contributed by atoms with Crippen molar-refractivity contribution in [2.75, 3.05) is 0 Å². The Hall–Kier alpha value is -1.04. The Morgan fingerprint density at radius 2 is 1.60 bits per heavy atom. The quantitative estimate of drug-likeness (QED) is 0.395. The van der Waals surface area contributed by atoms with Crippen molar-refractivity contribution in [2.45, 2.75) is 46.5 Å². The Balaban J connectivity index is 3.58. The Morgan fingerprint density at radius 1 is 1.00 bits per heavy atom. The van der Waals surface area contributed by atoms with Crippen LogP contribution >= 0.6 is 0 Å². The highest BCUT2D eigenvalue weighted by Crippen LogP contribution is 2.11. The van der Waals surface area contributed by atoms with Gasteiger partial charge in [0.2, 0.25) is 0 Å². The minimum atomic E-state index is 1.08. The highest BCUT2D eigenvalue weighted by Gasteiger charge is 1.91. The van der Waals surface area contributed by atoms with Crippen molar-refractivity contribution in [1.29, 1.82) is 0 Å². The molecule has 0 saturated heterocycles. The van der Waals surface area contributed by atoms with Crippen LogP contribution in [-0.4, -0.2) is 0 Å². The lowest BCUT2D eigenvalue weighted by molar-refractivity contribution is 0.866. The van der Waals surface area contributed by atoms with Crippen LogP contribution in [0.25, 0.3) is 0 Å². The van der Waals surface area contributed by atoms with Gasteiger partial charge in [-0.15, -0.1) is 0 Å². The fraction of sp³-hybridized carbons (Fsp3) is 0.467. The maximum atomic E-state index is 4.08. The summed E-state index contributed by atoms with van der Waals surface area (Å²) in [5.74, 6) is 0. The van der Waals surface area contributed by atoms with Gasteiger partial charge >= 0.3 is 0 Å². The van der Waals surface area contributed by atoms with E-state index in [0.717, 1.165) is 31.3 Å². The molecule has 0 aromatic rings. The highest BCUT2D eigenvalue weighted by atomic mass is 14.0. The van der Waals surface area contributed by atoms with E-state index in [2.05, 4.69) is 45.2 Å². The fourth-order valence-corrected chi connectivity index (χ4v) is 1.26. The molecule has 0 atom stereocenters. The molecule has 0 aliphatic heterocycles. The van der Waals surface area contributed by atoms with Gasteiger partial charge in [0.15, 0.2) is 0 Å². The van der Waals surface area contributed by atoms with Gasteiger partial charge in [0.05, 0.1) is 0 Å². The molecule has 0 heteroatoms. The standard InChI is InChI=1S/C15H24/c1-13(2)9-6-7-11-15(5)12-8-10-14(3)4/h6,9-10H,1,5,7-8,11-12H2,2-4H3. The molecule has 0 N–H and O–H groups in total. The van der Waals surface area contributed by atoms with Gasteiger partial charge < -0.3 is 0 Å². The molecular weight excluding hydrogens is 180 g/mol. The predicted octanol–water partition coefficient (Wildman–Crippen LogP) is 5.20. The van der Waals surface area contributed by atoms with Gasteiger partial charge in [0, 0.05) is 0 Å². The number of rotatable bonds is 7. The minimum Gasteiger partial charge on any atom is -0.0998 e. The van der Waals surface area contributed by atoms with E-state index in [-0.39, 0.29) is 0 Å². The smallest absolute Gasteiger partial charge is 0.0288 e. The van der Waals surface area contributed by atoms with Gasteiger partial charge in [-0.3, -0.25) is 0 Å². The zero-order chi connectivity index (χ0) is 11.7. The van der Waals surface area contributed by atoms with E-state index in [9.17, 15) is 0 Å². The first-order valence-corrected chi connectivity index (χ1v) is 5.64. The van der Waals surface area contributed by atoms with Crippen LogP contribution in [0.3, 0.4) is 0 Å². The van der Waals surface area contributed by atoms with E-state index >= 15 is 0 Å². The van der Waals surface area contributed by atoms with Crippen LogP contribution in [0.15, 0.2) is 48.1 Å². The van der Waals surface area contributed by atoms with E-state index in [1.165, 1.54) is 11.1 Å². The van der Waals surface area contributed by atoms with Gasteiger partial charge in [-0.25, -0.2) is 0 Å². The van der Waals surface area contributed by atoms with Gasteiger partial charge in [-0.1, -0.05) is 48.1 Å². The predicted molar refractivity (Wildman–Crippen MR) is 71.0 cm³/mol. The van der Waals surface area contributed by atoms with E-state index in [1.807, 2.05) is 6.92 Å². The maximum absolute atomic E-state index is 4.08. The first-order valence-electron chi connectivity index (χ1n) is 5.64. The topological polar surface area (TPSA) is 0 Å². The average molecular weight is 204 g/mol. The molecule has 0 spiro atoms. The third-order valence-corrected chi connectivity index (χ3v) is 2.12. The van der Waals surface area contributed by atoms with Crippen LogP contribution in [0.2, 0.25) is 0 Å². The van der Waals surface area contributed by atoms with Gasteiger partial charge in [-0.05, 0) is 46.5 Å². The fourth-order valence-electron chi connectivity index (χ4n) is 1.26. The number of hydrogen-bond acceptors (Lipinski definition) is 0. The molecule has 0 rings (SSSR count). The second-order valence-electron chi connectivity index (χ2n) is 4.36. The molecular formula is C15H24. The molecule has 0 heterocycles. The Kier molecular flexibility index (Phi) is 7.71. The van der Waals surface area contributed by atoms with Crippen molar-refractivity contribution in [1.82, 2.24) is 0 Å². The molecule has 0 aliphatic rings. The van der Waals surface area contributed by atoms with Crippen molar-refractivity contribution >= 4 is 0 Å². The zero-order valence-corrected chi connectivity index (χ0v) is 10.5. The van der Waals surface area contributed by atoms with Crippen LogP contribution in [0.1, 0.15) is 46.5 Å². The summed E-state index contributed by atoms with van der Waals surface area (Å²) in [6.45, 7) is 14.2. The summed E-state index contributed by atoms with van der Waals surface area (Å²) in [6, 6.07) is 0. The molecule has 0 radical (unpaired) electrons. The van der Waals surface area contributed by atoms with Gasteiger partial charge in [0.1, 0.15) is 0 Å². The summed E-state index contributed by atoms with van der Waals surface area (Å²) in [4.78, 5) is 0. The molecule has 0 fully saturated rings. The van der Waals surface area contributed by atoms with Crippen molar-refractivity contribution in [3.63, 3.8) is 0 Å². The summed E-state index contributed by atoms with van der Waals surface area (Å²) < 4.78 is 0. The molecule has 15 heavy (non-hydrogen) atoms. The van der Waals surface area contributed by atoms with Crippen LogP contribution in [-0.2, 0) is 0 Å². The molecule has 84 valence electrons. The Bertz CT molecular complexity index is 260. The lowest BCUT2D eigenvalue weighted by Crippen LogP contribution is -1.81. The normalized spacial score (nSPS) is 10.3. The molecule has 0 aliphatic carbocycles. The lowest BCUT2D eigenvalue weighted by Gasteiger charge is -2.01. The monoisotopic (exact) mass is 204 g/mol. The molecule has 0 unspecified atom stereocenters. The van der Waals surface area contributed by atoms with E-state index in [1.54, 1.807) is 0 Å². The second-order valence-corrected chi connectivity index (χ2v) is 4.36. The molecule has 0 amide bonds. The van der Waals surface area contributed by atoms with E-state index in [0.29, 0.717) is 0 Å². The van der Waals surface area contributed by atoms with Crippen molar-refractivity contribution < 1.29 is 0 Å². The molecule has 0 aromatic carbocycles. The lowest BCUT2D eigenvalue weighted by atomic mass is 10.1. The van der Waals surface area contributed by atoms with Crippen molar-refractivity contribution in [3.8, 4) is 0 Å². The molecule has 0 nitrogen and oxygen atoms in total. The third kappa shape index (κ3) is 10.9. The second kappa shape index (κ2) is 8.28. The number of allylic oxidation sites excluding steroid dienone is 6. The van der Waals surface area contributed by atoms with E-state index in [4.69, 9.17) is 0 Å². The Labute approximate surface area is 95.1 Å². The summed E-state index contributed by atoms with van der Waals surface area (Å²) in [6.07, 6.45) is 10.9. The van der Waals surface area contributed by atoms with Crippen molar-refractivity contribution in [3.05, 3.63) is 48.1 Å². The maximum Gasteiger partial charge on any atom is -0.0288 e. The number of hydrogen-bond donors (Lipinski definition) is 0. The van der Waals surface area contributed by atoms with Crippen LogP contribution in [0.4, 0.5) is 0 Å². The highest BCUT2D eigenvalue weighted by molar-refractivity contribution is 5.11. The Morgan fingerprint density at radius 3 is 2.13 bits per heavy atom. The minimum absolute atomic E-state index is 1.08. The van der Waals surface area contributed by atoms with E-state index < -0.39 is 0 Å². The summed E-state index contributed by atoms with van der Waals surface area (Å²) in [5, 5.41) is 0. The third-order valence-electron chi connectivity index (χ3n) is 2.12. The average Bonchev–Trinajstić information content (AvgIpc) is 2.11. The largest absolute Gasteiger partial charge is 0.0998 e. The SMILES string of the molecule is C=C(C)C=CCCC(=C)CCC=C(C)C. The molecule has 0 saturated carbocycles. The summed E-state index contributed by atoms with van der Waals surface area (Å²) >= 11 is 0. The molecule has 0 bridgehead atoms. The van der Waals surface area contributed by atoms with Gasteiger partial charge in [-0.2, -0.15) is 0 Å². The van der Waals surface area contributed by atoms with Crippen molar-refractivity contribution in [2.24, 2.45) is 0 Å². The van der Waals surface area contributed by atoms with Crippen LogP contribution in [0, 0.1) is 0 Å². The first-order chi connectivity index (χ1) is 7.02. The van der Waals surface area contributed by atoms with Crippen LogP contribution < -0.4 is 0 Å². The zero-order valence-electron chi connectivity index (χ0n) is 10.5. The summed E-state index contributed by atoms with van der Waals surface area (Å²) in [5.41, 5.74) is 3.86. The van der Waals surface area contributed by atoms with Gasteiger partial charge in [0.25, 0.3) is 0 Å².